The molecule has 1 aromatic carbocycles. The lowest BCUT2D eigenvalue weighted by molar-refractivity contribution is -0.121. The van der Waals surface area contributed by atoms with E-state index in [-0.39, 0.29) is 18.6 Å². The second kappa shape index (κ2) is 7.79. The lowest BCUT2D eigenvalue weighted by Crippen LogP contribution is -2.22. The summed E-state index contributed by atoms with van der Waals surface area (Å²) in [5, 5.41) is 2.82. The number of hydrogen-bond donors (Lipinski definition) is 1. The normalized spacial score (nSPS) is 10.6. The number of anilines is 2. The SMILES string of the molecule is CCN(CC)c1ccc(NC(=O)COC(C)C)cc1. The lowest BCUT2D eigenvalue weighted by atomic mass is 10.2. The van der Waals surface area contributed by atoms with Crippen molar-refractivity contribution in [2.24, 2.45) is 0 Å². The van der Waals surface area contributed by atoms with Gasteiger partial charge in [-0.2, -0.15) is 0 Å². The van der Waals surface area contributed by atoms with Crippen molar-refractivity contribution < 1.29 is 9.53 Å². The van der Waals surface area contributed by atoms with E-state index >= 15 is 0 Å². The van der Waals surface area contributed by atoms with Crippen LogP contribution in [-0.2, 0) is 9.53 Å². The fraction of sp³-hybridized carbons (Fsp3) is 0.533. The van der Waals surface area contributed by atoms with E-state index < -0.39 is 0 Å². The lowest BCUT2D eigenvalue weighted by Gasteiger charge is -2.21. The number of hydrogen-bond acceptors (Lipinski definition) is 3. The van der Waals surface area contributed by atoms with Gasteiger partial charge in [-0.1, -0.05) is 0 Å². The van der Waals surface area contributed by atoms with Gasteiger partial charge >= 0.3 is 0 Å². The highest BCUT2D eigenvalue weighted by Gasteiger charge is 2.05. The highest BCUT2D eigenvalue weighted by atomic mass is 16.5. The van der Waals surface area contributed by atoms with Gasteiger partial charge in [0.1, 0.15) is 6.61 Å². The van der Waals surface area contributed by atoms with Crippen LogP contribution in [0.2, 0.25) is 0 Å². The van der Waals surface area contributed by atoms with E-state index in [2.05, 4.69) is 24.1 Å². The molecule has 0 saturated carbocycles. The monoisotopic (exact) mass is 264 g/mol. The summed E-state index contributed by atoms with van der Waals surface area (Å²) < 4.78 is 5.25. The van der Waals surface area contributed by atoms with Gasteiger partial charge in [0.25, 0.3) is 0 Å². The number of nitrogens with one attached hydrogen (secondary N) is 1. The van der Waals surface area contributed by atoms with Crippen molar-refractivity contribution in [1.29, 1.82) is 0 Å². The fourth-order valence-electron chi connectivity index (χ4n) is 1.78. The van der Waals surface area contributed by atoms with E-state index in [1.54, 1.807) is 0 Å². The van der Waals surface area contributed by atoms with Crippen molar-refractivity contribution >= 4 is 17.3 Å². The Labute approximate surface area is 115 Å². The average Bonchev–Trinajstić information content (AvgIpc) is 2.40. The second-order valence-corrected chi connectivity index (χ2v) is 4.63. The molecule has 0 aliphatic carbocycles. The molecule has 4 nitrogen and oxygen atoms in total. The first kappa shape index (κ1) is 15.5. The number of rotatable bonds is 7. The molecule has 1 rings (SSSR count). The molecule has 0 unspecified atom stereocenters. The van der Waals surface area contributed by atoms with Crippen LogP contribution in [-0.4, -0.2) is 31.7 Å². The first-order valence-electron chi connectivity index (χ1n) is 6.83. The van der Waals surface area contributed by atoms with Crippen molar-refractivity contribution in [3.8, 4) is 0 Å². The number of nitrogens with zero attached hydrogens (tertiary/aromatic N) is 1. The van der Waals surface area contributed by atoms with Crippen LogP contribution in [0.5, 0.6) is 0 Å². The van der Waals surface area contributed by atoms with E-state index in [1.165, 1.54) is 5.69 Å². The Bertz CT molecular complexity index is 384. The number of benzene rings is 1. The minimum Gasteiger partial charge on any atom is -0.372 e. The van der Waals surface area contributed by atoms with Crippen molar-refractivity contribution in [1.82, 2.24) is 0 Å². The Morgan fingerprint density at radius 2 is 1.79 bits per heavy atom. The van der Waals surface area contributed by atoms with E-state index in [9.17, 15) is 4.79 Å². The van der Waals surface area contributed by atoms with Gasteiger partial charge in [0, 0.05) is 24.5 Å². The molecule has 0 bridgehead atoms. The quantitative estimate of drug-likeness (QED) is 0.823. The third-order valence-corrected chi connectivity index (χ3v) is 2.83. The van der Waals surface area contributed by atoms with Crippen LogP contribution < -0.4 is 10.2 Å². The largest absolute Gasteiger partial charge is 0.372 e. The second-order valence-electron chi connectivity index (χ2n) is 4.63. The molecule has 106 valence electrons. The number of ether oxygens (including phenoxy) is 1. The van der Waals surface area contributed by atoms with Crippen LogP contribution >= 0.6 is 0 Å². The molecule has 19 heavy (non-hydrogen) atoms. The zero-order valence-electron chi connectivity index (χ0n) is 12.3. The molecule has 0 fully saturated rings. The highest BCUT2D eigenvalue weighted by Crippen LogP contribution is 2.17. The Hall–Kier alpha value is -1.55. The first-order chi connectivity index (χ1) is 9.06. The molecular weight excluding hydrogens is 240 g/mol. The van der Waals surface area contributed by atoms with Crippen LogP contribution in [0.25, 0.3) is 0 Å². The summed E-state index contributed by atoms with van der Waals surface area (Å²) >= 11 is 0. The number of amides is 1. The summed E-state index contributed by atoms with van der Waals surface area (Å²) in [6.45, 7) is 10.1. The molecule has 1 N–H and O–H groups in total. The molecule has 0 heterocycles. The van der Waals surface area contributed by atoms with Gasteiger partial charge in [0.05, 0.1) is 6.10 Å². The van der Waals surface area contributed by atoms with E-state index in [1.807, 2.05) is 38.1 Å². The van der Waals surface area contributed by atoms with E-state index in [4.69, 9.17) is 4.74 Å². The Balaban J connectivity index is 2.54. The standard InChI is InChI=1S/C15H24N2O2/c1-5-17(6-2)14-9-7-13(8-10-14)16-15(18)11-19-12(3)4/h7-10,12H,5-6,11H2,1-4H3,(H,16,18). The smallest absolute Gasteiger partial charge is 0.250 e. The van der Waals surface area contributed by atoms with Gasteiger partial charge in [-0.3, -0.25) is 4.79 Å². The molecular formula is C15H24N2O2. The summed E-state index contributed by atoms with van der Waals surface area (Å²) in [4.78, 5) is 13.9. The van der Waals surface area contributed by atoms with Gasteiger partial charge in [-0.15, -0.1) is 0 Å². The molecule has 1 aromatic rings. The molecule has 0 spiro atoms. The molecule has 0 aromatic heterocycles. The van der Waals surface area contributed by atoms with Gasteiger partial charge in [0.15, 0.2) is 0 Å². The summed E-state index contributed by atoms with van der Waals surface area (Å²) in [6.07, 6.45) is 0.0655. The van der Waals surface area contributed by atoms with Crippen LogP contribution in [0, 0.1) is 0 Å². The summed E-state index contributed by atoms with van der Waals surface area (Å²) in [5.74, 6) is -0.121. The summed E-state index contributed by atoms with van der Waals surface area (Å²) in [6, 6.07) is 7.87. The van der Waals surface area contributed by atoms with Crippen molar-refractivity contribution in [2.45, 2.75) is 33.8 Å². The molecule has 0 atom stereocenters. The van der Waals surface area contributed by atoms with Gasteiger partial charge in [-0.25, -0.2) is 0 Å². The predicted molar refractivity (Wildman–Crippen MR) is 79.7 cm³/mol. The zero-order valence-corrected chi connectivity index (χ0v) is 12.3. The Morgan fingerprint density at radius 3 is 2.26 bits per heavy atom. The number of carbonyl (C=O) groups excluding carboxylic acids is 1. The zero-order chi connectivity index (χ0) is 14.3. The van der Waals surface area contributed by atoms with Crippen molar-refractivity contribution in [3.63, 3.8) is 0 Å². The van der Waals surface area contributed by atoms with Crippen LogP contribution in [0.1, 0.15) is 27.7 Å². The third-order valence-electron chi connectivity index (χ3n) is 2.83. The molecule has 1 amide bonds. The Morgan fingerprint density at radius 1 is 1.21 bits per heavy atom. The predicted octanol–water partition coefficient (Wildman–Crippen LogP) is 2.90. The van der Waals surface area contributed by atoms with E-state index in [0.29, 0.717) is 0 Å². The van der Waals surface area contributed by atoms with Crippen molar-refractivity contribution in [2.75, 3.05) is 29.9 Å². The maximum Gasteiger partial charge on any atom is 0.250 e. The number of carbonyl (C=O) groups is 1. The Kier molecular flexibility index (Phi) is 6.36. The average molecular weight is 264 g/mol. The van der Waals surface area contributed by atoms with Crippen molar-refractivity contribution in [3.05, 3.63) is 24.3 Å². The topological polar surface area (TPSA) is 41.6 Å². The fourth-order valence-corrected chi connectivity index (χ4v) is 1.78. The first-order valence-corrected chi connectivity index (χ1v) is 6.83. The minimum absolute atomic E-state index is 0.0655. The van der Waals surface area contributed by atoms with Crippen LogP contribution in [0.3, 0.4) is 0 Å². The molecule has 4 heteroatoms. The maximum absolute atomic E-state index is 11.6. The highest BCUT2D eigenvalue weighted by molar-refractivity contribution is 5.91. The summed E-state index contributed by atoms with van der Waals surface area (Å²) in [5.41, 5.74) is 1.97. The van der Waals surface area contributed by atoms with Crippen LogP contribution in [0.4, 0.5) is 11.4 Å². The molecule has 0 aliphatic rings. The minimum atomic E-state index is -0.121. The maximum atomic E-state index is 11.6. The van der Waals surface area contributed by atoms with E-state index in [0.717, 1.165) is 18.8 Å². The molecule has 0 aliphatic heterocycles. The third kappa shape index (κ3) is 5.30. The van der Waals surface area contributed by atoms with Gasteiger partial charge in [-0.05, 0) is 52.0 Å². The van der Waals surface area contributed by atoms with Crippen LogP contribution in [0.15, 0.2) is 24.3 Å². The van der Waals surface area contributed by atoms with Gasteiger partial charge < -0.3 is 15.0 Å². The van der Waals surface area contributed by atoms with Gasteiger partial charge in [0.2, 0.25) is 5.91 Å². The molecule has 0 radical (unpaired) electrons. The molecule has 0 saturated heterocycles. The summed E-state index contributed by atoms with van der Waals surface area (Å²) in [7, 11) is 0.